The second-order valence-corrected chi connectivity index (χ2v) is 6.50. The normalized spacial score (nSPS) is 14.3. The van der Waals surface area contributed by atoms with Crippen molar-refractivity contribution in [3.63, 3.8) is 0 Å². The van der Waals surface area contributed by atoms with Crippen molar-refractivity contribution >= 4 is 15.7 Å². The molecule has 3 N–H and O–H groups in total. The Hall–Kier alpha value is -1.28. The molecule has 0 fully saturated rings. The van der Waals surface area contributed by atoms with E-state index in [4.69, 9.17) is 5.73 Å². The third kappa shape index (κ3) is 4.38. The number of rotatable bonds is 4. The molecule has 0 saturated heterocycles. The first kappa shape index (κ1) is 16.8. The Kier molecular flexibility index (Phi) is 4.70. The fourth-order valence-electron chi connectivity index (χ4n) is 1.76. The van der Waals surface area contributed by atoms with E-state index in [2.05, 4.69) is 0 Å². The van der Waals surface area contributed by atoms with Crippen LogP contribution in [0, 0.1) is 13.8 Å². The third-order valence-electron chi connectivity index (χ3n) is 2.81. The highest BCUT2D eigenvalue weighted by Gasteiger charge is 2.32. The summed E-state index contributed by atoms with van der Waals surface area (Å²) in [5.74, 6) is 0. The average Bonchev–Trinajstić information content (AvgIpc) is 2.19. The van der Waals surface area contributed by atoms with Crippen LogP contribution in [0.3, 0.4) is 0 Å². The largest absolute Gasteiger partial charge is 0.398 e. The van der Waals surface area contributed by atoms with Gasteiger partial charge in [0.15, 0.2) is 0 Å². The van der Waals surface area contributed by atoms with E-state index < -0.39 is 28.7 Å². The van der Waals surface area contributed by atoms with Crippen LogP contribution in [-0.4, -0.2) is 20.6 Å². The molecule has 0 amide bonds. The molecule has 0 aromatic heterocycles. The van der Waals surface area contributed by atoms with Gasteiger partial charge < -0.3 is 5.73 Å². The number of alkyl halides is 3. The maximum absolute atomic E-state index is 12.2. The van der Waals surface area contributed by atoms with Gasteiger partial charge in [0.2, 0.25) is 10.0 Å². The van der Waals surface area contributed by atoms with Crippen molar-refractivity contribution in [1.82, 2.24) is 4.72 Å². The fraction of sp³-hybridized carbons (Fsp3) is 0.500. The van der Waals surface area contributed by atoms with Crippen LogP contribution in [0.25, 0.3) is 0 Å². The Labute approximate surface area is 116 Å². The van der Waals surface area contributed by atoms with Crippen molar-refractivity contribution in [1.29, 1.82) is 0 Å². The number of nitrogens with one attached hydrogen (secondary N) is 1. The Morgan fingerprint density at radius 1 is 1.25 bits per heavy atom. The summed E-state index contributed by atoms with van der Waals surface area (Å²) in [6.07, 6.45) is -5.67. The zero-order valence-electron chi connectivity index (χ0n) is 11.4. The Balaban J connectivity index is 3.03. The van der Waals surface area contributed by atoms with Gasteiger partial charge in [-0.3, -0.25) is 0 Å². The molecule has 1 rings (SSSR count). The van der Waals surface area contributed by atoms with E-state index in [1.54, 1.807) is 13.8 Å². The zero-order valence-corrected chi connectivity index (χ0v) is 12.2. The van der Waals surface area contributed by atoms with Crippen molar-refractivity contribution in [3.8, 4) is 0 Å². The van der Waals surface area contributed by atoms with Crippen LogP contribution in [-0.2, 0) is 10.0 Å². The summed E-state index contributed by atoms with van der Waals surface area (Å²) in [6, 6.07) is 1.58. The lowest BCUT2D eigenvalue weighted by atomic mass is 10.1. The van der Waals surface area contributed by atoms with Crippen molar-refractivity contribution in [2.75, 3.05) is 5.73 Å². The molecule has 0 saturated carbocycles. The standard InChI is InChI=1S/C12H17F3N2O2S/c1-7-4-10(16)11(5-8(7)2)20(18,19)17-9(3)6-12(13,14)15/h4-5,9,17H,6,16H2,1-3H3. The molecule has 0 aliphatic carbocycles. The quantitative estimate of drug-likeness (QED) is 0.839. The van der Waals surface area contributed by atoms with Gasteiger partial charge in [0.1, 0.15) is 4.90 Å². The maximum atomic E-state index is 12.2. The monoisotopic (exact) mass is 310 g/mol. The predicted molar refractivity (Wildman–Crippen MR) is 70.8 cm³/mol. The number of hydrogen-bond acceptors (Lipinski definition) is 3. The topological polar surface area (TPSA) is 72.2 Å². The summed E-state index contributed by atoms with van der Waals surface area (Å²) < 4.78 is 62.8. The van der Waals surface area contributed by atoms with E-state index in [-0.39, 0.29) is 10.6 Å². The molecule has 0 bridgehead atoms. The van der Waals surface area contributed by atoms with Gasteiger partial charge in [-0.2, -0.15) is 13.2 Å². The summed E-state index contributed by atoms with van der Waals surface area (Å²) in [5, 5.41) is 0. The summed E-state index contributed by atoms with van der Waals surface area (Å²) in [6.45, 7) is 4.62. The number of benzene rings is 1. The zero-order chi connectivity index (χ0) is 15.7. The van der Waals surface area contributed by atoms with Crippen molar-refractivity contribution in [2.45, 2.75) is 44.3 Å². The van der Waals surface area contributed by atoms with Gasteiger partial charge in [0.25, 0.3) is 0 Å². The first-order chi connectivity index (χ1) is 8.92. The number of nitrogen functional groups attached to an aromatic ring is 1. The molecule has 0 aliphatic rings. The van der Waals surface area contributed by atoms with Crippen LogP contribution in [0.1, 0.15) is 24.5 Å². The van der Waals surface area contributed by atoms with E-state index in [1.807, 2.05) is 4.72 Å². The lowest BCUT2D eigenvalue weighted by Crippen LogP contribution is -2.36. The van der Waals surface area contributed by atoms with Crippen LogP contribution in [0.15, 0.2) is 17.0 Å². The molecule has 4 nitrogen and oxygen atoms in total. The minimum Gasteiger partial charge on any atom is -0.398 e. The minimum absolute atomic E-state index is 0.0137. The van der Waals surface area contributed by atoms with Crippen LogP contribution in [0.4, 0.5) is 18.9 Å². The van der Waals surface area contributed by atoms with Crippen LogP contribution < -0.4 is 10.5 Å². The van der Waals surface area contributed by atoms with E-state index >= 15 is 0 Å². The molecule has 0 radical (unpaired) electrons. The van der Waals surface area contributed by atoms with Gasteiger partial charge in [-0.1, -0.05) is 0 Å². The van der Waals surface area contributed by atoms with Gasteiger partial charge in [0, 0.05) is 6.04 Å². The molecule has 0 heterocycles. The van der Waals surface area contributed by atoms with Gasteiger partial charge in [0.05, 0.1) is 12.1 Å². The average molecular weight is 310 g/mol. The number of nitrogens with two attached hydrogens (primary N) is 1. The SMILES string of the molecule is Cc1cc(N)c(S(=O)(=O)NC(C)CC(F)(F)F)cc1C. The molecule has 1 unspecified atom stereocenters. The maximum Gasteiger partial charge on any atom is 0.390 e. The molecule has 0 aliphatic heterocycles. The first-order valence-corrected chi connectivity index (χ1v) is 7.36. The van der Waals surface area contributed by atoms with E-state index in [9.17, 15) is 21.6 Å². The Morgan fingerprint density at radius 3 is 2.25 bits per heavy atom. The minimum atomic E-state index is -4.43. The Bertz CT molecular complexity index is 597. The molecule has 1 aromatic rings. The number of halogens is 3. The number of sulfonamides is 1. The highest BCUT2D eigenvalue weighted by molar-refractivity contribution is 7.89. The van der Waals surface area contributed by atoms with E-state index in [1.165, 1.54) is 12.1 Å². The molecule has 0 spiro atoms. The molecule has 20 heavy (non-hydrogen) atoms. The van der Waals surface area contributed by atoms with Crippen LogP contribution in [0.5, 0.6) is 0 Å². The van der Waals surface area contributed by atoms with Crippen molar-refractivity contribution in [3.05, 3.63) is 23.3 Å². The highest BCUT2D eigenvalue weighted by atomic mass is 32.2. The van der Waals surface area contributed by atoms with Gasteiger partial charge >= 0.3 is 6.18 Å². The van der Waals surface area contributed by atoms with E-state index in [0.717, 1.165) is 12.5 Å². The van der Waals surface area contributed by atoms with Gasteiger partial charge in [-0.25, -0.2) is 13.1 Å². The summed E-state index contributed by atoms with van der Waals surface area (Å²) in [5.41, 5.74) is 7.16. The second-order valence-electron chi connectivity index (χ2n) is 4.82. The summed E-state index contributed by atoms with van der Waals surface area (Å²) >= 11 is 0. The van der Waals surface area contributed by atoms with Gasteiger partial charge in [-0.05, 0) is 44.0 Å². The predicted octanol–water partition coefficient (Wildman–Crippen LogP) is 2.50. The highest BCUT2D eigenvalue weighted by Crippen LogP contribution is 2.25. The van der Waals surface area contributed by atoms with Crippen LogP contribution >= 0.6 is 0 Å². The van der Waals surface area contributed by atoms with E-state index in [0.29, 0.717) is 5.56 Å². The molecule has 8 heteroatoms. The Morgan fingerprint density at radius 2 is 1.75 bits per heavy atom. The van der Waals surface area contributed by atoms with Crippen LogP contribution in [0.2, 0.25) is 0 Å². The van der Waals surface area contributed by atoms with Crippen molar-refractivity contribution in [2.24, 2.45) is 0 Å². The number of anilines is 1. The molecule has 114 valence electrons. The van der Waals surface area contributed by atoms with Crippen molar-refractivity contribution < 1.29 is 21.6 Å². The molecule has 1 aromatic carbocycles. The molecule has 1 atom stereocenters. The smallest absolute Gasteiger partial charge is 0.390 e. The fourth-order valence-corrected chi connectivity index (χ4v) is 3.20. The second kappa shape index (κ2) is 5.61. The number of hydrogen-bond donors (Lipinski definition) is 2. The molecular weight excluding hydrogens is 293 g/mol. The summed E-state index contributed by atoms with van der Waals surface area (Å²) in [7, 11) is -4.08. The molecular formula is C12H17F3N2O2S. The lowest BCUT2D eigenvalue weighted by Gasteiger charge is -2.17. The first-order valence-electron chi connectivity index (χ1n) is 5.88. The summed E-state index contributed by atoms with van der Waals surface area (Å²) in [4.78, 5) is -0.199. The number of aryl methyl sites for hydroxylation is 2. The lowest BCUT2D eigenvalue weighted by molar-refractivity contribution is -0.137. The van der Waals surface area contributed by atoms with Gasteiger partial charge in [-0.15, -0.1) is 0 Å². The third-order valence-corrected chi connectivity index (χ3v) is 4.45.